The first-order chi connectivity index (χ1) is 8.02. The molecule has 1 aromatic rings. The van der Waals surface area contributed by atoms with Gasteiger partial charge in [0.25, 0.3) is 0 Å². The fraction of sp³-hybridized carbons (Fsp3) is 0.500. The molecule has 1 aromatic carbocycles. The van der Waals surface area contributed by atoms with Crippen molar-refractivity contribution in [3.8, 4) is 11.8 Å². The predicted octanol–water partition coefficient (Wildman–Crippen LogP) is 2.65. The Bertz CT molecular complexity index is 419. The highest BCUT2D eigenvalue weighted by Crippen LogP contribution is 2.20. The molecule has 17 heavy (non-hydrogen) atoms. The van der Waals surface area contributed by atoms with E-state index in [1.165, 1.54) is 5.56 Å². The lowest BCUT2D eigenvalue weighted by Crippen LogP contribution is -2.37. The van der Waals surface area contributed by atoms with E-state index in [2.05, 4.69) is 30.4 Å². The molecular weight excluding hydrogens is 212 g/mol. The van der Waals surface area contributed by atoms with Crippen molar-refractivity contribution < 1.29 is 4.74 Å². The number of nitrogens with zero attached hydrogens (tertiary/aromatic N) is 1. The normalized spacial score (nSPS) is 11.0. The van der Waals surface area contributed by atoms with Gasteiger partial charge in [0.05, 0.1) is 13.2 Å². The molecule has 0 amide bonds. The molecule has 0 bridgehead atoms. The first-order valence-corrected chi connectivity index (χ1v) is 5.84. The Balaban J connectivity index is 2.85. The van der Waals surface area contributed by atoms with Gasteiger partial charge in [-0.05, 0) is 31.9 Å². The molecule has 3 heteroatoms. The summed E-state index contributed by atoms with van der Waals surface area (Å²) in [4.78, 5) is 0. The van der Waals surface area contributed by atoms with Crippen LogP contribution in [0.2, 0.25) is 0 Å². The van der Waals surface area contributed by atoms with Gasteiger partial charge in [-0.25, -0.2) is 0 Å². The number of aryl methyl sites for hydroxylation is 1. The van der Waals surface area contributed by atoms with Crippen LogP contribution >= 0.6 is 0 Å². The van der Waals surface area contributed by atoms with E-state index in [1.54, 1.807) is 7.11 Å². The molecule has 0 fully saturated rings. The Morgan fingerprint density at radius 2 is 2.12 bits per heavy atom. The molecule has 0 unspecified atom stereocenters. The van der Waals surface area contributed by atoms with E-state index < -0.39 is 5.54 Å². The Hall–Kier alpha value is -1.53. The second kappa shape index (κ2) is 5.70. The second-order valence-electron chi connectivity index (χ2n) is 4.59. The van der Waals surface area contributed by atoms with Crippen molar-refractivity contribution in [2.24, 2.45) is 0 Å². The summed E-state index contributed by atoms with van der Waals surface area (Å²) in [5.74, 6) is 0.864. The fourth-order valence-electron chi connectivity index (χ4n) is 1.55. The lowest BCUT2D eigenvalue weighted by Gasteiger charge is -2.19. The number of nitriles is 1. The lowest BCUT2D eigenvalue weighted by atomic mass is 10.0. The fourth-order valence-corrected chi connectivity index (χ4v) is 1.55. The summed E-state index contributed by atoms with van der Waals surface area (Å²) in [6, 6.07) is 8.40. The van der Waals surface area contributed by atoms with E-state index in [0.717, 1.165) is 17.7 Å². The van der Waals surface area contributed by atoms with Crippen LogP contribution in [0.25, 0.3) is 0 Å². The summed E-state index contributed by atoms with van der Waals surface area (Å²) < 4.78 is 5.32. The third kappa shape index (κ3) is 3.76. The summed E-state index contributed by atoms with van der Waals surface area (Å²) in [7, 11) is 1.67. The molecule has 3 nitrogen and oxygen atoms in total. The van der Waals surface area contributed by atoms with Gasteiger partial charge in [0.1, 0.15) is 11.3 Å². The van der Waals surface area contributed by atoms with Crippen LogP contribution in [0.3, 0.4) is 0 Å². The zero-order chi connectivity index (χ0) is 12.9. The molecule has 0 aliphatic heterocycles. The number of methoxy groups -OCH3 is 1. The van der Waals surface area contributed by atoms with E-state index in [1.807, 2.05) is 19.9 Å². The van der Waals surface area contributed by atoms with Crippen LogP contribution in [0.5, 0.6) is 5.75 Å². The minimum Gasteiger partial charge on any atom is -0.496 e. The van der Waals surface area contributed by atoms with Crippen LogP contribution in [0, 0.1) is 11.3 Å². The maximum absolute atomic E-state index is 8.96. The van der Waals surface area contributed by atoms with Crippen molar-refractivity contribution in [2.75, 3.05) is 7.11 Å². The standard InChI is InChI=1S/C14H20N2O/c1-5-11-6-7-13(17-4)12(8-11)9-16-14(2,3)10-15/h6-8,16H,5,9H2,1-4H3. The summed E-state index contributed by atoms with van der Waals surface area (Å²) >= 11 is 0. The molecule has 1 N–H and O–H groups in total. The van der Waals surface area contributed by atoms with E-state index in [0.29, 0.717) is 6.54 Å². The largest absolute Gasteiger partial charge is 0.496 e. The van der Waals surface area contributed by atoms with E-state index in [-0.39, 0.29) is 0 Å². The summed E-state index contributed by atoms with van der Waals surface area (Å²) in [5.41, 5.74) is 1.85. The molecule has 0 saturated heterocycles. The average molecular weight is 232 g/mol. The molecule has 0 aliphatic carbocycles. The maximum atomic E-state index is 8.96. The summed E-state index contributed by atoms with van der Waals surface area (Å²) in [6.45, 7) is 6.49. The molecular formula is C14H20N2O. The van der Waals surface area contributed by atoms with Crippen molar-refractivity contribution in [1.29, 1.82) is 5.26 Å². The number of ether oxygens (including phenoxy) is 1. The molecule has 92 valence electrons. The number of hydrogen-bond donors (Lipinski definition) is 1. The van der Waals surface area contributed by atoms with Gasteiger partial charge in [-0.1, -0.05) is 19.1 Å². The third-order valence-corrected chi connectivity index (χ3v) is 2.75. The Labute approximate surface area is 103 Å². The zero-order valence-electron chi connectivity index (χ0n) is 11.0. The van der Waals surface area contributed by atoms with Crippen LogP contribution < -0.4 is 10.1 Å². The highest BCUT2D eigenvalue weighted by molar-refractivity contribution is 5.37. The molecule has 0 saturated carbocycles. The lowest BCUT2D eigenvalue weighted by molar-refractivity contribution is 0.402. The molecule has 0 aliphatic rings. The Morgan fingerprint density at radius 1 is 1.41 bits per heavy atom. The van der Waals surface area contributed by atoms with Crippen molar-refractivity contribution in [3.63, 3.8) is 0 Å². The molecule has 0 aromatic heterocycles. The number of hydrogen-bond acceptors (Lipinski definition) is 3. The average Bonchev–Trinajstić information content (AvgIpc) is 2.36. The van der Waals surface area contributed by atoms with Gasteiger partial charge in [-0.3, -0.25) is 5.32 Å². The summed E-state index contributed by atoms with van der Waals surface area (Å²) in [5, 5.41) is 12.2. The molecule has 1 rings (SSSR count). The van der Waals surface area contributed by atoms with Gasteiger partial charge < -0.3 is 4.74 Å². The van der Waals surface area contributed by atoms with Crippen LogP contribution in [0.15, 0.2) is 18.2 Å². The van der Waals surface area contributed by atoms with Gasteiger partial charge >= 0.3 is 0 Å². The van der Waals surface area contributed by atoms with Crippen LogP contribution in [-0.2, 0) is 13.0 Å². The smallest absolute Gasteiger partial charge is 0.123 e. The molecule has 0 radical (unpaired) electrons. The number of rotatable bonds is 5. The van der Waals surface area contributed by atoms with Crippen molar-refractivity contribution >= 4 is 0 Å². The minimum absolute atomic E-state index is 0.521. The first kappa shape index (κ1) is 13.5. The summed E-state index contributed by atoms with van der Waals surface area (Å²) in [6.07, 6.45) is 0.999. The van der Waals surface area contributed by atoms with Gasteiger partial charge in [0, 0.05) is 12.1 Å². The Morgan fingerprint density at radius 3 is 2.65 bits per heavy atom. The molecule has 0 atom stereocenters. The monoisotopic (exact) mass is 232 g/mol. The number of nitrogens with one attached hydrogen (secondary N) is 1. The highest BCUT2D eigenvalue weighted by Gasteiger charge is 2.16. The van der Waals surface area contributed by atoms with Gasteiger partial charge in [-0.15, -0.1) is 0 Å². The van der Waals surface area contributed by atoms with Gasteiger partial charge in [0.2, 0.25) is 0 Å². The van der Waals surface area contributed by atoms with Crippen molar-refractivity contribution in [2.45, 2.75) is 39.3 Å². The highest BCUT2D eigenvalue weighted by atomic mass is 16.5. The SMILES string of the molecule is CCc1ccc(OC)c(CNC(C)(C)C#N)c1. The topological polar surface area (TPSA) is 45.0 Å². The van der Waals surface area contributed by atoms with E-state index in [9.17, 15) is 0 Å². The van der Waals surface area contributed by atoms with Crippen LogP contribution in [0.4, 0.5) is 0 Å². The quantitative estimate of drug-likeness (QED) is 0.848. The number of benzene rings is 1. The first-order valence-electron chi connectivity index (χ1n) is 5.84. The van der Waals surface area contributed by atoms with E-state index >= 15 is 0 Å². The van der Waals surface area contributed by atoms with Crippen molar-refractivity contribution in [3.05, 3.63) is 29.3 Å². The predicted molar refractivity (Wildman–Crippen MR) is 68.9 cm³/mol. The maximum Gasteiger partial charge on any atom is 0.123 e. The van der Waals surface area contributed by atoms with Crippen molar-refractivity contribution in [1.82, 2.24) is 5.32 Å². The zero-order valence-corrected chi connectivity index (χ0v) is 11.0. The third-order valence-electron chi connectivity index (χ3n) is 2.75. The molecule has 0 spiro atoms. The Kier molecular flexibility index (Phi) is 4.53. The van der Waals surface area contributed by atoms with Crippen LogP contribution in [0.1, 0.15) is 31.9 Å². The second-order valence-corrected chi connectivity index (χ2v) is 4.59. The molecule has 0 heterocycles. The van der Waals surface area contributed by atoms with Gasteiger partial charge in [0.15, 0.2) is 0 Å². The minimum atomic E-state index is -0.521. The van der Waals surface area contributed by atoms with Gasteiger partial charge in [-0.2, -0.15) is 5.26 Å². The van der Waals surface area contributed by atoms with E-state index in [4.69, 9.17) is 10.00 Å². The van der Waals surface area contributed by atoms with Crippen LogP contribution in [-0.4, -0.2) is 12.6 Å².